The van der Waals surface area contributed by atoms with Crippen LogP contribution in [-0.4, -0.2) is 82.6 Å². The first kappa shape index (κ1) is 31.8. The van der Waals surface area contributed by atoms with Gasteiger partial charge in [-0.15, -0.1) is 0 Å². The lowest BCUT2D eigenvalue weighted by molar-refractivity contribution is -0.144. The largest absolute Gasteiger partial charge is 0.444 e. The smallest absolute Gasteiger partial charge is 0.410 e. The molecule has 0 spiro atoms. The molecule has 0 bridgehead atoms. The van der Waals surface area contributed by atoms with Crippen LogP contribution in [0.3, 0.4) is 0 Å². The Morgan fingerprint density at radius 2 is 1.81 bits per heavy atom. The summed E-state index contributed by atoms with van der Waals surface area (Å²) in [5.74, 6) is -1.07. The van der Waals surface area contributed by atoms with Crippen molar-refractivity contribution in [2.75, 3.05) is 19.6 Å². The Kier molecular flexibility index (Phi) is 10.2. The molecule has 42 heavy (non-hydrogen) atoms. The molecule has 1 aliphatic carbocycles. The van der Waals surface area contributed by atoms with Gasteiger partial charge in [0, 0.05) is 32.0 Å². The topological polar surface area (TPSA) is 128 Å². The first-order valence-electron chi connectivity index (χ1n) is 15.5. The highest BCUT2D eigenvalue weighted by molar-refractivity contribution is 5.90. The van der Waals surface area contributed by atoms with E-state index in [1.54, 1.807) is 4.90 Å². The Labute approximate surface area is 249 Å². The number of hydrogen-bond donors (Lipinski definition) is 3. The van der Waals surface area contributed by atoms with Crippen molar-refractivity contribution < 1.29 is 29.0 Å². The first-order chi connectivity index (χ1) is 19.9. The number of carbonyl (C=O) groups excluding carboxylic acids is 4. The molecule has 2 fully saturated rings. The quantitative estimate of drug-likeness (QED) is 0.388. The summed E-state index contributed by atoms with van der Waals surface area (Å²) < 4.78 is 5.89. The van der Waals surface area contributed by atoms with Crippen LogP contribution in [0.1, 0.15) is 77.8 Å². The normalized spacial score (nSPS) is 22.5. The van der Waals surface area contributed by atoms with Crippen LogP contribution in [0, 0.1) is 17.3 Å². The summed E-state index contributed by atoms with van der Waals surface area (Å²) in [7, 11) is 0. The Morgan fingerprint density at radius 1 is 1.12 bits per heavy atom. The fraction of sp³-hybridized carbons (Fsp3) is 0.688. The number of aliphatic hydroxyl groups is 1. The van der Waals surface area contributed by atoms with E-state index < -0.39 is 42.2 Å². The number of nitrogens with one attached hydrogen (secondary N) is 2. The fourth-order valence-corrected chi connectivity index (χ4v) is 5.62. The van der Waals surface area contributed by atoms with Crippen molar-refractivity contribution >= 4 is 23.8 Å². The van der Waals surface area contributed by atoms with E-state index in [0.29, 0.717) is 38.4 Å². The first-order valence-corrected chi connectivity index (χ1v) is 15.5. The molecular formula is C32H48N4O6. The molecule has 2 heterocycles. The third kappa shape index (κ3) is 7.82. The van der Waals surface area contributed by atoms with E-state index in [4.69, 9.17) is 4.74 Å². The second-order valence-corrected chi connectivity index (χ2v) is 13.3. The molecule has 1 saturated carbocycles. The van der Waals surface area contributed by atoms with Crippen LogP contribution in [0.4, 0.5) is 4.79 Å². The van der Waals surface area contributed by atoms with Crippen LogP contribution in [0.15, 0.2) is 24.3 Å². The summed E-state index contributed by atoms with van der Waals surface area (Å²) in [4.78, 5) is 56.3. The van der Waals surface area contributed by atoms with Gasteiger partial charge in [-0.2, -0.15) is 0 Å². The van der Waals surface area contributed by atoms with Crippen LogP contribution in [0.2, 0.25) is 0 Å². The molecule has 1 aromatic rings. The zero-order chi connectivity index (χ0) is 30.6. The van der Waals surface area contributed by atoms with Crippen molar-refractivity contribution in [2.24, 2.45) is 17.3 Å². The summed E-state index contributed by atoms with van der Waals surface area (Å²) in [5.41, 5.74) is 1.97. The molecule has 0 aromatic heterocycles. The van der Waals surface area contributed by atoms with Crippen molar-refractivity contribution in [3.05, 3.63) is 35.4 Å². The van der Waals surface area contributed by atoms with E-state index in [0.717, 1.165) is 24.8 Å². The van der Waals surface area contributed by atoms with E-state index in [1.807, 2.05) is 52.8 Å². The minimum atomic E-state index is -1.40. The Morgan fingerprint density at radius 3 is 2.45 bits per heavy atom. The molecule has 4 rings (SSSR count). The summed E-state index contributed by atoms with van der Waals surface area (Å²) in [5, 5.41) is 16.5. The maximum absolute atomic E-state index is 13.7. The van der Waals surface area contributed by atoms with Gasteiger partial charge in [0.1, 0.15) is 12.1 Å². The zero-order valence-electron chi connectivity index (χ0n) is 25.7. The van der Waals surface area contributed by atoms with Gasteiger partial charge in [0.15, 0.2) is 6.10 Å². The number of likely N-dealkylation sites (tertiary alicyclic amines) is 1. The lowest BCUT2D eigenvalue weighted by Gasteiger charge is -2.33. The molecule has 10 nitrogen and oxygen atoms in total. The number of fused-ring (bicyclic) bond motifs is 1. The monoisotopic (exact) mass is 584 g/mol. The minimum Gasteiger partial charge on any atom is -0.444 e. The second kappa shape index (κ2) is 13.4. The third-order valence-electron chi connectivity index (χ3n) is 9.01. The highest BCUT2D eigenvalue weighted by Gasteiger charge is 2.45. The van der Waals surface area contributed by atoms with Crippen molar-refractivity contribution in [1.82, 2.24) is 20.4 Å². The van der Waals surface area contributed by atoms with Gasteiger partial charge < -0.3 is 30.3 Å². The van der Waals surface area contributed by atoms with Crippen molar-refractivity contribution in [3.63, 3.8) is 0 Å². The Bertz CT molecular complexity index is 1150. The predicted molar refractivity (Wildman–Crippen MR) is 158 cm³/mol. The Hall–Kier alpha value is -3.14. The maximum atomic E-state index is 13.7. The number of rotatable bonds is 10. The van der Waals surface area contributed by atoms with E-state index in [9.17, 15) is 24.3 Å². The molecule has 5 atom stereocenters. The van der Waals surface area contributed by atoms with Gasteiger partial charge in [-0.3, -0.25) is 14.4 Å². The highest BCUT2D eigenvalue weighted by atomic mass is 16.6. The van der Waals surface area contributed by atoms with Gasteiger partial charge >= 0.3 is 6.09 Å². The highest BCUT2D eigenvalue weighted by Crippen LogP contribution is 2.32. The minimum absolute atomic E-state index is 0.108. The number of hydrogen-bond acceptors (Lipinski definition) is 6. The fourth-order valence-electron chi connectivity index (χ4n) is 5.62. The molecule has 1 aromatic carbocycles. The average molecular weight is 585 g/mol. The van der Waals surface area contributed by atoms with Crippen LogP contribution in [0.25, 0.3) is 0 Å². The molecule has 3 N–H and O–H groups in total. The lowest BCUT2D eigenvalue weighted by atomic mass is 9.81. The van der Waals surface area contributed by atoms with Crippen LogP contribution in [-0.2, 0) is 32.1 Å². The number of aliphatic hydroxyl groups excluding tert-OH is 1. The molecule has 232 valence electrons. The number of amides is 4. The van der Waals surface area contributed by atoms with Gasteiger partial charge in [0.05, 0.1) is 12.6 Å². The van der Waals surface area contributed by atoms with E-state index >= 15 is 0 Å². The average Bonchev–Trinajstić information content (AvgIpc) is 3.70. The number of carbonyl (C=O) groups is 4. The third-order valence-corrected chi connectivity index (χ3v) is 9.01. The molecule has 3 aliphatic rings. The SMILES string of the molecule is CCCC(NC(=O)[C@@H]1C[C@@H](OC(=O)N2CCc3ccccc3C2)CN1C(=O)[C@@H](C)C(C)(C)C)C(O)C(=O)NCC1CC1. The number of nitrogens with zero attached hydrogens (tertiary/aromatic N) is 2. The van der Waals surface area contributed by atoms with Crippen molar-refractivity contribution in [1.29, 1.82) is 0 Å². The zero-order valence-corrected chi connectivity index (χ0v) is 25.7. The second-order valence-electron chi connectivity index (χ2n) is 13.3. The summed E-state index contributed by atoms with van der Waals surface area (Å²) in [6, 6.07) is 6.33. The molecule has 2 aliphatic heterocycles. The molecule has 0 radical (unpaired) electrons. The van der Waals surface area contributed by atoms with Crippen LogP contribution < -0.4 is 10.6 Å². The standard InChI is InChI=1S/C32H48N4O6/c1-6-9-25(27(37)29(39)33-17-21-12-13-21)34-28(38)26-16-24(19-36(26)30(40)20(2)32(3,4)5)42-31(41)35-15-14-22-10-7-8-11-23(22)18-35/h7-8,10-11,20-21,24-27,37H,6,9,12-19H2,1-5H3,(H,33,39)(H,34,38)/t20-,24-,25?,26+,27?/m1/s1. The van der Waals surface area contributed by atoms with E-state index in [-0.39, 0.29) is 30.2 Å². The lowest BCUT2D eigenvalue weighted by Crippen LogP contribution is -2.55. The van der Waals surface area contributed by atoms with Crippen LogP contribution in [0.5, 0.6) is 0 Å². The van der Waals surface area contributed by atoms with Gasteiger partial charge in [0.25, 0.3) is 5.91 Å². The van der Waals surface area contributed by atoms with Crippen molar-refractivity contribution in [3.8, 4) is 0 Å². The molecule has 4 amide bonds. The predicted octanol–water partition coefficient (Wildman–Crippen LogP) is 3.01. The summed E-state index contributed by atoms with van der Waals surface area (Å²) in [6.45, 7) is 11.3. The van der Waals surface area contributed by atoms with Gasteiger partial charge in [-0.25, -0.2) is 4.79 Å². The van der Waals surface area contributed by atoms with E-state index in [2.05, 4.69) is 16.7 Å². The van der Waals surface area contributed by atoms with Crippen molar-refractivity contribution in [2.45, 2.75) is 104 Å². The summed E-state index contributed by atoms with van der Waals surface area (Å²) >= 11 is 0. The summed E-state index contributed by atoms with van der Waals surface area (Å²) in [6.07, 6.45) is 1.56. The molecule has 1 saturated heterocycles. The Balaban J connectivity index is 1.45. The van der Waals surface area contributed by atoms with Gasteiger partial charge in [-0.05, 0) is 48.1 Å². The number of benzene rings is 1. The number of ether oxygens (including phenoxy) is 1. The molecule has 2 unspecified atom stereocenters. The van der Waals surface area contributed by atoms with Gasteiger partial charge in [-0.1, -0.05) is 65.3 Å². The molecule has 10 heteroatoms. The van der Waals surface area contributed by atoms with Crippen LogP contribution >= 0.6 is 0 Å². The van der Waals surface area contributed by atoms with E-state index in [1.165, 1.54) is 10.5 Å². The van der Waals surface area contributed by atoms with Gasteiger partial charge in [0.2, 0.25) is 11.8 Å². The maximum Gasteiger partial charge on any atom is 0.410 e. The molecular weight excluding hydrogens is 536 g/mol.